The molecule has 3 heteroatoms. The Morgan fingerprint density at radius 1 is 1.14 bits per heavy atom. The normalized spacial score (nSPS) is 22.0. The van der Waals surface area contributed by atoms with E-state index in [0.29, 0.717) is 19.1 Å². The summed E-state index contributed by atoms with van der Waals surface area (Å²) in [4.78, 5) is 12.3. The summed E-state index contributed by atoms with van der Waals surface area (Å²) in [6, 6.07) is 7.96. The van der Waals surface area contributed by atoms with E-state index in [9.17, 15) is 4.79 Å². The fourth-order valence-electron chi connectivity index (χ4n) is 2.94. The Hall–Kier alpha value is -1.61. The van der Waals surface area contributed by atoms with E-state index >= 15 is 0 Å². The summed E-state index contributed by atoms with van der Waals surface area (Å²) in [6.07, 6.45) is 2.19. The number of esters is 1. The second kappa shape index (κ2) is 6.66. The molecule has 0 spiro atoms. The summed E-state index contributed by atoms with van der Waals surface area (Å²) in [5, 5.41) is 0. The minimum absolute atomic E-state index is 0.0106. The zero-order chi connectivity index (χ0) is 16.3. The zero-order valence-corrected chi connectivity index (χ0v) is 14.2. The van der Waals surface area contributed by atoms with E-state index in [1.54, 1.807) is 7.11 Å². The van der Waals surface area contributed by atoms with Gasteiger partial charge in [0.05, 0.1) is 12.5 Å². The number of carbonyl (C=O) groups is 1. The summed E-state index contributed by atoms with van der Waals surface area (Å²) in [5.74, 6) is 0.192. The molecule has 1 aromatic carbocycles. The fraction of sp³-hybridized carbons (Fsp3) is 0.526. The molecule has 0 amide bonds. The minimum Gasteiger partial charge on any atom is -0.461 e. The molecule has 2 rings (SSSR count). The van der Waals surface area contributed by atoms with Crippen molar-refractivity contribution in [2.45, 2.75) is 40.9 Å². The molecule has 2 atom stereocenters. The van der Waals surface area contributed by atoms with E-state index in [1.165, 1.54) is 5.57 Å². The summed E-state index contributed by atoms with van der Waals surface area (Å²) >= 11 is 0. The van der Waals surface area contributed by atoms with E-state index in [0.717, 1.165) is 11.1 Å². The lowest BCUT2D eigenvalue weighted by Crippen LogP contribution is -2.10. The van der Waals surface area contributed by atoms with Gasteiger partial charge in [0.1, 0.15) is 6.61 Å². The predicted molar refractivity (Wildman–Crippen MR) is 87.1 cm³/mol. The van der Waals surface area contributed by atoms with Crippen LogP contribution >= 0.6 is 0 Å². The number of rotatable bonds is 6. The molecule has 0 unspecified atom stereocenters. The number of hydrogen-bond acceptors (Lipinski definition) is 3. The molecule has 0 aliphatic heterocycles. The number of carbonyl (C=O) groups excluding carboxylic acids is 1. The summed E-state index contributed by atoms with van der Waals surface area (Å²) < 4.78 is 10.6. The van der Waals surface area contributed by atoms with Crippen molar-refractivity contribution in [3.8, 4) is 0 Å². The summed E-state index contributed by atoms with van der Waals surface area (Å²) in [5.41, 5.74) is 3.38. The molecule has 0 aromatic heterocycles. The van der Waals surface area contributed by atoms with Gasteiger partial charge >= 0.3 is 5.97 Å². The third kappa shape index (κ3) is 3.77. The SMILES string of the molecule is COCc1ccc(COC(=O)[C@H]2[C@@H](C=C(C)C)C2(C)C)cc1. The summed E-state index contributed by atoms with van der Waals surface area (Å²) in [6.45, 7) is 9.32. The Kier molecular flexibility index (Phi) is 5.07. The van der Waals surface area contributed by atoms with Gasteiger partial charge in [-0.25, -0.2) is 0 Å². The molecule has 3 nitrogen and oxygen atoms in total. The Bertz CT molecular complexity index is 551. The fourth-order valence-corrected chi connectivity index (χ4v) is 2.94. The second-order valence-corrected chi connectivity index (χ2v) is 6.93. The maximum absolute atomic E-state index is 12.3. The van der Waals surface area contributed by atoms with Gasteiger partial charge in [-0.2, -0.15) is 0 Å². The molecule has 0 N–H and O–H groups in total. The van der Waals surface area contributed by atoms with Crippen LogP contribution in [0.3, 0.4) is 0 Å². The van der Waals surface area contributed by atoms with Crippen LogP contribution in [-0.4, -0.2) is 13.1 Å². The van der Waals surface area contributed by atoms with Crippen molar-refractivity contribution < 1.29 is 14.3 Å². The molecular weight excluding hydrogens is 276 g/mol. The van der Waals surface area contributed by atoms with Gasteiger partial charge in [0.15, 0.2) is 0 Å². The van der Waals surface area contributed by atoms with E-state index in [1.807, 2.05) is 24.3 Å². The van der Waals surface area contributed by atoms with E-state index in [-0.39, 0.29) is 17.3 Å². The first-order valence-corrected chi connectivity index (χ1v) is 7.74. The average Bonchev–Trinajstić information content (AvgIpc) is 2.98. The summed E-state index contributed by atoms with van der Waals surface area (Å²) in [7, 11) is 1.68. The second-order valence-electron chi connectivity index (χ2n) is 6.93. The maximum atomic E-state index is 12.3. The van der Waals surface area contributed by atoms with Crippen LogP contribution < -0.4 is 0 Å². The number of methoxy groups -OCH3 is 1. The molecule has 120 valence electrons. The van der Waals surface area contributed by atoms with Crippen LogP contribution in [0.4, 0.5) is 0 Å². The first kappa shape index (κ1) is 16.8. The van der Waals surface area contributed by atoms with Crippen molar-refractivity contribution in [3.63, 3.8) is 0 Å². The van der Waals surface area contributed by atoms with E-state index in [2.05, 4.69) is 33.8 Å². The first-order chi connectivity index (χ1) is 10.4. The lowest BCUT2D eigenvalue weighted by Gasteiger charge is -2.07. The van der Waals surface area contributed by atoms with Gasteiger partial charge in [0.25, 0.3) is 0 Å². The average molecular weight is 302 g/mol. The van der Waals surface area contributed by atoms with Crippen molar-refractivity contribution in [1.82, 2.24) is 0 Å². The van der Waals surface area contributed by atoms with Crippen LogP contribution in [0.25, 0.3) is 0 Å². The first-order valence-electron chi connectivity index (χ1n) is 7.74. The highest BCUT2D eigenvalue weighted by Gasteiger charge is 2.61. The van der Waals surface area contributed by atoms with Crippen LogP contribution in [0.5, 0.6) is 0 Å². The molecule has 0 radical (unpaired) electrons. The lowest BCUT2D eigenvalue weighted by atomic mass is 10.1. The van der Waals surface area contributed by atoms with Crippen LogP contribution in [0.1, 0.15) is 38.8 Å². The molecule has 0 heterocycles. The molecule has 1 aliphatic rings. The van der Waals surface area contributed by atoms with Gasteiger partial charge in [-0.3, -0.25) is 4.79 Å². The third-order valence-electron chi connectivity index (χ3n) is 4.39. The van der Waals surface area contributed by atoms with Crippen LogP contribution in [-0.2, 0) is 27.5 Å². The highest BCUT2D eigenvalue weighted by atomic mass is 16.5. The highest BCUT2D eigenvalue weighted by Crippen LogP contribution is 2.59. The van der Waals surface area contributed by atoms with Crippen LogP contribution in [0.15, 0.2) is 35.9 Å². The third-order valence-corrected chi connectivity index (χ3v) is 4.39. The molecule has 1 saturated carbocycles. The van der Waals surface area contributed by atoms with Gasteiger partial charge < -0.3 is 9.47 Å². The van der Waals surface area contributed by atoms with Gasteiger partial charge in [0.2, 0.25) is 0 Å². The van der Waals surface area contributed by atoms with Crippen LogP contribution in [0, 0.1) is 17.3 Å². The van der Waals surface area contributed by atoms with Gasteiger partial charge in [-0.05, 0) is 36.3 Å². The van der Waals surface area contributed by atoms with Gasteiger partial charge in [0, 0.05) is 7.11 Å². The predicted octanol–water partition coefficient (Wildman–Crippen LogP) is 4.11. The quantitative estimate of drug-likeness (QED) is 0.586. The molecule has 1 aromatic rings. The topological polar surface area (TPSA) is 35.5 Å². The van der Waals surface area contributed by atoms with Crippen molar-refractivity contribution in [3.05, 3.63) is 47.0 Å². The Labute approximate surface area is 133 Å². The van der Waals surface area contributed by atoms with Gasteiger partial charge in [-0.1, -0.05) is 49.8 Å². The maximum Gasteiger partial charge on any atom is 0.310 e. The van der Waals surface area contributed by atoms with Crippen LogP contribution in [0.2, 0.25) is 0 Å². The largest absolute Gasteiger partial charge is 0.461 e. The molecule has 1 aliphatic carbocycles. The zero-order valence-electron chi connectivity index (χ0n) is 14.2. The Morgan fingerprint density at radius 2 is 1.68 bits per heavy atom. The van der Waals surface area contributed by atoms with Crippen molar-refractivity contribution in [1.29, 1.82) is 0 Å². The van der Waals surface area contributed by atoms with Gasteiger partial charge in [-0.15, -0.1) is 0 Å². The molecule has 0 bridgehead atoms. The van der Waals surface area contributed by atoms with E-state index in [4.69, 9.17) is 9.47 Å². The van der Waals surface area contributed by atoms with Crippen molar-refractivity contribution in [2.75, 3.05) is 7.11 Å². The molecule has 1 fully saturated rings. The number of benzene rings is 1. The van der Waals surface area contributed by atoms with Crippen molar-refractivity contribution >= 4 is 5.97 Å². The minimum atomic E-state index is -0.0894. The number of allylic oxidation sites excluding steroid dienone is 2. The number of hydrogen-bond donors (Lipinski definition) is 0. The molecule has 22 heavy (non-hydrogen) atoms. The molecular formula is C19H26O3. The Morgan fingerprint density at radius 3 is 2.18 bits per heavy atom. The standard InChI is InChI=1S/C19H26O3/c1-13(2)10-16-17(19(16,3)4)18(20)22-12-15-8-6-14(7-9-15)11-21-5/h6-10,16-17H,11-12H2,1-5H3/t16-,17-/m1/s1. The molecule has 0 saturated heterocycles. The van der Waals surface area contributed by atoms with Crippen molar-refractivity contribution in [2.24, 2.45) is 17.3 Å². The lowest BCUT2D eigenvalue weighted by molar-refractivity contribution is -0.147. The van der Waals surface area contributed by atoms with E-state index < -0.39 is 0 Å². The Balaban J connectivity index is 1.89. The monoisotopic (exact) mass is 302 g/mol. The smallest absolute Gasteiger partial charge is 0.310 e. The number of ether oxygens (including phenoxy) is 2. The highest BCUT2D eigenvalue weighted by molar-refractivity contribution is 5.78.